The van der Waals surface area contributed by atoms with Gasteiger partial charge in [0.15, 0.2) is 11.5 Å². The maximum absolute atomic E-state index is 12.3. The zero-order valence-electron chi connectivity index (χ0n) is 15.6. The Hall–Kier alpha value is -3.88. The zero-order valence-corrected chi connectivity index (χ0v) is 16.5. The number of benzene rings is 2. The molecule has 0 radical (unpaired) electrons. The van der Waals surface area contributed by atoms with E-state index < -0.39 is 5.56 Å². The number of nitrogens with one attached hydrogen (secondary N) is 1. The molecule has 29 heavy (non-hydrogen) atoms. The average Bonchev–Trinajstić information content (AvgIpc) is 2.73. The lowest BCUT2D eigenvalue weighted by Gasteiger charge is -2.14. The second-order valence-electron chi connectivity index (χ2n) is 5.83. The van der Waals surface area contributed by atoms with E-state index in [0.29, 0.717) is 17.1 Å². The number of hydrogen-bond acceptors (Lipinski definition) is 7. The van der Waals surface area contributed by atoms with Crippen molar-refractivity contribution in [2.24, 2.45) is 0 Å². The third kappa shape index (κ3) is 3.75. The summed E-state index contributed by atoms with van der Waals surface area (Å²) in [5, 5.41) is 19.1. The molecule has 144 valence electrons. The van der Waals surface area contributed by atoms with Crippen molar-refractivity contribution in [3.63, 3.8) is 0 Å². The molecular weight excluding hydrogens is 388 g/mol. The summed E-state index contributed by atoms with van der Waals surface area (Å²) in [5.41, 5.74) is 5.90. The molecule has 0 saturated carbocycles. The highest BCUT2D eigenvalue weighted by Gasteiger charge is 2.20. The van der Waals surface area contributed by atoms with Crippen molar-refractivity contribution in [2.45, 2.75) is 9.79 Å². The van der Waals surface area contributed by atoms with Crippen LogP contribution in [0.3, 0.4) is 0 Å². The van der Waals surface area contributed by atoms with Gasteiger partial charge in [-0.2, -0.15) is 10.5 Å². The lowest BCUT2D eigenvalue weighted by atomic mass is 9.96. The minimum Gasteiger partial charge on any atom is -0.493 e. The molecule has 0 spiro atoms. The Labute approximate surface area is 171 Å². The number of aromatic amines is 1. The lowest BCUT2D eigenvalue weighted by Crippen LogP contribution is -2.16. The number of aromatic nitrogens is 1. The summed E-state index contributed by atoms with van der Waals surface area (Å²) >= 11 is 1.40. The molecule has 7 nitrogen and oxygen atoms in total. The Balaban J connectivity index is 2.19. The van der Waals surface area contributed by atoms with Crippen molar-refractivity contribution in [3.05, 3.63) is 63.9 Å². The molecule has 0 aliphatic heterocycles. The molecule has 0 atom stereocenters. The molecule has 0 aliphatic carbocycles. The summed E-state index contributed by atoms with van der Waals surface area (Å²) < 4.78 is 10.6. The molecule has 1 aromatic heterocycles. The predicted octanol–water partition coefficient (Wildman–Crippen LogP) is 3.54. The fourth-order valence-corrected chi connectivity index (χ4v) is 3.86. The van der Waals surface area contributed by atoms with Gasteiger partial charge in [0.05, 0.1) is 14.2 Å². The van der Waals surface area contributed by atoms with Crippen LogP contribution in [0.1, 0.15) is 11.1 Å². The summed E-state index contributed by atoms with van der Waals surface area (Å²) in [6.45, 7) is 0. The van der Waals surface area contributed by atoms with Crippen molar-refractivity contribution in [2.75, 3.05) is 20.0 Å². The zero-order chi connectivity index (χ0) is 21.0. The number of pyridine rings is 1. The van der Waals surface area contributed by atoms with E-state index in [0.717, 1.165) is 9.79 Å². The summed E-state index contributed by atoms with van der Waals surface area (Å²) in [6, 6.07) is 16.6. The highest BCUT2D eigenvalue weighted by atomic mass is 32.2. The number of nitrogens with zero attached hydrogens (tertiary/aromatic N) is 2. The van der Waals surface area contributed by atoms with Crippen molar-refractivity contribution in [1.82, 2.24) is 4.98 Å². The predicted molar refractivity (Wildman–Crippen MR) is 110 cm³/mol. The van der Waals surface area contributed by atoms with E-state index in [1.165, 1.54) is 11.8 Å². The maximum Gasteiger partial charge on any atom is 0.268 e. The first kappa shape index (κ1) is 19.9. The van der Waals surface area contributed by atoms with E-state index in [2.05, 4.69) is 4.98 Å². The van der Waals surface area contributed by atoms with Gasteiger partial charge in [-0.25, -0.2) is 0 Å². The Morgan fingerprint density at radius 2 is 1.69 bits per heavy atom. The van der Waals surface area contributed by atoms with Crippen molar-refractivity contribution in [1.29, 1.82) is 10.5 Å². The summed E-state index contributed by atoms with van der Waals surface area (Å²) in [4.78, 5) is 16.2. The van der Waals surface area contributed by atoms with Gasteiger partial charge < -0.3 is 20.2 Å². The van der Waals surface area contributed by atoms with Crippen molar-refractivity contribution in [3.8, 4) is 34.8 Å². The minimum absolute atomic E-state index is 0.0570. The monoisotopic (exact) mass is 404 g/mol. The number of methoxy groups -OCH3 is 2. The maximum atomic E-state index is 12.3. The molecule has 3 N–H and O–H groups in total. The highest BCUT2D eigenvalue weighted by Crippen LogP contribution is 2.41. The Morgan fingerprint density at radius 3 is 2.34 bits per heavy atom. The lowest BCUT2D eigenvalue weighted by molar-refractivity contribution is 0.354. The van der Waals surface area contributed by atoms with E-state index in [4.69, 9.17) is 15.2 Å². The second-order valence-corrected chi connectivity index (χ2v) is 6.95. The number of H-pyrrole nitrogens is 1. The SMILES string of the molecule is COc1ccc(Sc2ccccc2-c2c(C#N)c(N)[nH]c(=O)c2C#N)cc1OC. The largest absolute Gasteiger partial charge is 0.493 e. The fraction of sp³-hybridized carbons (Fsp3) is 0.0952. The molecule has 0 aliphatic rings. The van der Waals surface area contributed by atoms with Crippen LogP contribution in [0.25, 0.3) is 11.1 Å². The van der Waals surface area contributed by atoms with E-state index in [1.807, 2.05) is 36.4 Å². The van der Waals surface area contributed by atoms with Gasteiger partial charge in [0.2, 0.25) is 0 Å². The van der Waals surface area contributed by atoms with E-state index in [1.54, 1.807) is 32.4 Å². The van der Waals surface area contributed by atoms with Gasteiger partial charge in [0, 0.05) is 15.4 Å². The fourth-order valence-electron chi connectivity index (χ4n) is 2.88. The number of hydrogen-bond donors (Lipinski definition) is 2. The van der Waals surface area contributed by atoms with E-state index in [-0.39, 0.29) is 22.5 Å². The van der Waals surface area contributed by atoms with Crippen molar-refractivity contribution >= 4 is 17.6 Å². The quantitative estimate of drug-likeness (QED) is 0.666. The molecule has 0 fully saturated rings. The Kier molecular flexibility index (Phi) is 5.77. The van der Waals surface area contributed by atoms with Crippen molar-refractivity contribution < 1.29 is 9.47 Å². The Bertz CT molecular complexity index is 1220. The van der Waals surface area contributed by atoms with Crippen LogP contribution in [0.5, 0.6) is 11.5 Å². The summed E-state index contributed by atoms with van der Waals surface area (Å²) in [7, 11) is 3.11. The third-order valence-corrected chi connectivity index (χ3v) is 5.27. The first-order valence-electron chi connectivity index (χ1n) is 8.39. The number of rotatable bonds is 5. The number of anilines is 1. The minimum atomic E-state index is -0.634. The molecule has 3 rings (SSSR count). The molecule has 0 amide bonds. The smallest absolute Gasteiger partial charge is 0.268 e. The van der Waals surface area contributed by atoms with Crippen LogP contribution in [0, 0.1) is 22.7 Å². The van der Waals surface area contributed by atoms with Gasteiger partial charge in [0.1, 0.15) is 29.1 Å². The first-order valence-corrected chi connectivity index (χ1v) is 9.20. The van der Waals surface area contributed by atoms with Crippen LogP contribution >= 0.6 is 11.8 Å². The number of nitriles is 2. The summed E-state index contributed by atoms with van der Waals surface area (Å²) in [5.74, 6) is 1.11. The molecule has 0 bridgehead atoms. The van der Waals surface area contributed by atoms with Gasteiger partial charge in [-0.15, -0.1) is 0 Å². The van der Waals surface area contributed by atoms with E-state index in [9.17, 15) is 15.3 Å². The first-order chi connectivity index (χ1) is 14.0. The normalized spacial score (nSPS) is 10.1. The molecule has 2 aromatic carbocycles. The third-order valence-electron chi connectivity index (χ3n) is 4.21. The van der Waals surface area contributed by atoms with Crippen LogP contribution in [0.15, 0.2) is 57.1 Å². The second kappa shape index (κ2) is 8.42. The highest BCUT2D eigenvalue weighted by molar-refractivity contribution is 7.99. The van der Waals surface area contributed by atoms with Crippen LogP contribution in [-0.4, -0.2) is 19.2 Å². The Morgan fingerprint density at radius 1 is 1.00 bits per heavy atom. The molecule has 0 saturated heterocycles. The van der Waals surface area contributed by atoms with Crippen LogP contribution in [-0.2, 0) is 0 Å². The molecule has 0 unspecified atom stereocenters. The molecule has 3 aromatic rings. The number of nitrogens with two attached hydrogens (primary N) is 1. The molecule has 8 heteroatoms. The van der Waals surface area contributed by atoms with Gasteiger partial charge in [-0.05, 0) is 29.8 Å². The number of ether oxygens (including phenoxy) is 2. The number of nitrogen functional groups attached to an aromatic ring is 1. The van der Waals surface area contributed by atoms with Gasteiger partial charge in [-0.3, -0.25) is 4.79 Å². The molecule has 1 heterocycles. The summed E-state index contributed by atoms with van der Waals surface area (Å²) in [6.07, 6.45) is 0. The van der Waals surface area contributed by atoms with Gasteiger partial charge in [0.25, 0.3) is 5.56 Å². The van der Waals surface area contributed by atoms with Gasteiger partial charge in [-0.1, -0.05) is 30.0 Å². The van der Waals surface area contributed by atoms with Gasteiger partial charge >= 0.3 is 0 Å². The van der Waals surface area contributed by atoms with Crippen LogP contribution in [0.4, 0.5) is 5.82 Å². The van der Waals surface area contributed by atoms with Crippen LogP contribution < -0.4 is 20.8 Å². The standard InChI is InChI=1S/C21H16N4O3S/c1-27-16-8-7-12(9-17(16)28-2)29-18-6-4-3-5-13(18)19-14(10-22)20(24)25-21(26)15(19)11-23/h3-9H,1-2H3,(H3,24,25,26). The topological polar surface area (TPSA) is 125 Å². The average molecular weight is 404 g/mol. The van der Waals surface area contributed by atoms with Crippen LogP contribution in [0.2, 0.25) is 0 Å². The molecular formula is C21H16N4O3S. The van der Waals surface area contributed by atoms with E-state index >= 15 is 0 Å².